The molecule has 0 aliphatic carbocycles. The minimum absolute atomic E-state index is 0.103. The molecule has 2 aliphatic heterocycles. The van der Waals surface area contributed by atoms with E-state index < -0.39 is 0 Å². The van der Waals surface area contributed by atoms with Gasteiger partial charge < -0.3 is 5.11 Å². The van der Waals surface area contributed by atoms with E-state index >= 15 is 0 Å². The molecule has 0 saturated carbocycles. The van der Waals surface area contributed by atoms with Crippen LogP contribution in [0.4, 0.5) is 0 Å². The van der Waals surface area contributed by atoms with Gasteiger partial charge in [-0.2, -0.15) is 0 Å². The largest absolute Gasteiger partial charge is 0.396 e. The zero-order valence-electron chi connectivity index (χ0n) is 12.2. The predicted molar refractivity (Wildman–Crippen MR) is 75.8 cm³/mol. The highest BCUT2D eigenvalue weighted by Crippen LogP contribution is 2.27. The van der Waals surface area contributed by atoms with Crippen molar-refractivity contribution < 1.29 is 5.11 Å². The second kappa shape index (κ2) is 6.36. The molecule has 0 bridgehead atoms. The lowest BCUT2D eigenvalue weighted by molar-refractivity contribution is 0.0119. The van der Waals surface area contributed by atoms with Crippen molar-refractivity contribution in [2.45, 2.75) is 52.0 Å². The predicted octanol–water partition coefficient (Wildman–Crippen LogP) is 1.96. The van der Waals surface area contributed by atoms with Gasteiger partial charge in [0.1, 0.15) is 0 Å². The van der Waals surface area contributed by atoms with Crippen LogP contribution in [0.3, 0.4) is 0 Å². The SMILES string of the molecule is CCCC(C)(CO)CN1CCN2CCCCC2C1. The molecule has 3 heteroatoms. The smallest absolute Gasteiger partial charge is 0.0497 e. The summed E-state index contributed by atoms with van der Waals surface area (Å²) in [6.45, 7) is 10.8. The van der Waals surface area contributed by atoms with Crippen LogP contribution >= 0.6 is 0 Å². The maximum Gasteiger partial charge on any atom is 0.0497 e. The first-order valence-corrected chi connectivity index (χ1v) is 7.74. The molecular formula is C15H30N2O. The molecule has 2 unspecified atom stereocenters. The highest BCUT2D eigenvalue weighted by molar-refractivity contribution is 4.88. The quantitative estimate of drug-likeness (QED) is 0.812. The summed E-state index contributed by atoms with van der Waals surface area (Å²) >= 11 is 0. The molecule has 0 amide bonds. The highest BCUT2D eigenvalue weighted by atomic mass is 16.3. The summed E-state index contributed by atoms with van der Waals surface area (Å²) in [7, 11) is 0. The van der Waals surface area contributed by atoms with Gasteiger partial charge in [-0.15, -0.1) is 0 Å². The number of hydrogen-bond acceptors (Lipinski definition) is 3. The lowest BCUT2D eigenvalue weighted by atomic mass is 9.85. The van der Waals surface area contributed by atoms with E-state index in [1.165, 1.54) is 51.9 Å². The van der Waals surface area contributed by atoms with Crippen LogP contribution in [-0.4, -0.2) is 60.3 Å². The van der Waals surface area contributed by atoms with Crippen LogP contribution in [0.5, 0.6) is 0 Å². The van der Waals surface area contributed by atoms with E-state index in [0.717, 1.165) is 19.0 Å². The highest BCUT2D eigenvalue weighted by Gasteiger charge is 2.32. The molecule has 18 heavy (non-hydrogen) atoms. The third-order valence-corrected chi connectivity index (χ3v) is 4.76. The number of fused-ring (bicyclic) bond motifs is 1. The molecule has 2 rings (SSSR count). The van der Waals surface area contributed by atoms with Gasteiger partial charge in [0.15, 0.2) is 0 Å². The van der Waals surface area contributed by atoms with Crippen molar-refractivity contribution in [1.82, 2.24) is 9.80 Å². The van der Waals surface area contributed by atoms with Gasteiger partial charge in [0.25, 0.3) is 0 Å². The van der Waals surface area contributed by atoms with Gasteiger partial charge in [0.2, 0.25) is 0 Å². The number of nitrogens with zero attached hydrogens (tertiary/aromatic N) is 2. The number of piperidine rings is 1. The molecule has 1 N–H and O–H groups in total. The molecule has 0 aromatic rings. The molecule has 106 valence electrons. The summed E-state index contributed by atoms with van der Waals surface area (Å²) in [5.41, 5.74) is 0.103. The molecule has 0 aromatic heterocycles. The fourth-order valence-electron chi connectivity index (χ4n) is 3.72. The number of rotatable bonds is 5. The number of piperazine rings is 1. The first kappa shape index (κ1) is 14.3. The molecule has 2 fully saturated rings. The molecule has 0 aromatic carbocycles. The van der Waals surface area contributed by atoms with Gasteiger partial charge in [-0.05, 0) is 25.8 Å². The lowest BCUT2D eigenvalue weighted by Gasteiger charge is -2.46. The van der Waals surface area contributed by atoms with E-state index in [0.29, 0.717) is 6.61 Å². The Hall–Kier alpha value is -0.120. The zero-order chi connectivity index (χ0) is 13.0. The van der Waals surface area contributed by atoms with E-state index in [1.807, 2.05) is 0 Å². The van der Waals surface area contributed by atoms with Crippen molar-refractivity contribution in [1.29, 1.82) is 0 Å². The normalized spacial score (nSPS) is 29.8. The monoisotopic (exact) mass is 254 g/mol. The topological polar surface area (TPSA) is 26.7 Å². The Morgan fingerprint density at radius 3 is 2.78 bits per heavy atom. The van der Waals surface area contributed by atoms with Crippen molar-refractivity contribution in [2.24, 2.45) is 5.41 Å². The third-order valence-electron chi connectivity index (χ3n) is 4.76. The Morgan fingerprint density at radius 1 is 1.22 bits per heavy atom. The van der Waals surface area contributed by atoms with Crippen LogP contribution in [-0.2, 0) is 0 Å². The van der Waals surface area contributed by atoms with Crippen LogP contribution in [0.1, 0.15) is 46.0 Å². The Morgan fingerprint density at radius 2 is 2.06 bits per heavy atom. The van der Waals surface area contributed by atoms with Gasteiger partial charge in [0, 0.05) is 44.2 Å². The number of hydrogen-bond donors (Lipinski definition) is 1. The first-order valence-electron chi connectivity index (χ1n) is 7.74. The standard InChI is InChI=1S/C15H30N2O/c1-3-7-15(2,13-18)12-16-9-10-17-8-5-4-6-14(17)11-16/h14,18H,3-13H2,1-2H3. The van der Waals surface area contributed by atoms with Gasteiger partial charge in [-0.3, -0.25) is 9.80 Å². The maximum atomic E-state index is 9.64. The van der Waals surface area contributed by atoms with E-state index in [1.54, 1.807) is 0 Å². The Bertz CT molecular complexity index is 259. The molecule has 2 heterocycles. The fourth-order valence-corrected chi connectivity index (χ4v) is 3.72. The summed E-state index contributed by atoms with van der Waals surface area (Å²) < 4.78 is 0. The van der Waals surface area contributed by atoms with Gasteiger partial charge in [0.05, 0.1) is 0 Å². The van der Waals surface area contributed by atoms with E-state index in [9.17, 15) is 5.11 Å². The van der Waals surface area contributed by atoms with Gasteiger partial charge >= 0.3 is 0 Å². The van der Waals surface area contributed by atoms with Crippen molar-refractivity contribution in [3.8, 4) is 0 Å². The van der Waals surface area contributed by atoms with E-state index in [4.69, 9.17) is 0 Å². The maximum absolute atomic E-state index is 9.64. The zero-order valence-corrected chi connectivity index (χ0v) is 12.2. The Kier molecular flexibility index (Phi) is 5.05. The molecule has 2 saturated heterocycles. The van der Waals surface area contributed by atoms with Crippen LogP contribution < -0.4 is 0 Å². The molecule has 2 atom stereocenters. The minimum atomic E-state index is 0.103. The molecule has 0 spiro atoms. The average Bonchev–Trinajstić information content (AvgIpc) is 2.39. The number of aliphatic hydroxyl groups excluding tert-OH is 1. The molecule has 0 radical (unpaired) electrons. The Balaban J connectivity index is 1.86. The number of aliphatic hydroxyl groups is 1. The van der Waals surface area contributed by atoms with Crippen molar-refractivity contribution in [3.63, 3.8) is 0 Å². The third kappa shape index (κ3) is 3.46. The summed E-state index contributed by atoms with van der Waals surface area (Å²) in [6.07, 6.45) is 6.47. The van der Waals surface area contributed by atoms with Crippen LogP contribution in [0, 0.1) is 5.41 Å². The van der Waals surface area contributed by atoms with Gasteiger partial charge in [-0.25, -0.2) is 0 Å². The second-order valence-electron chi connectivity index (χ2n) is 6.64. The van der Waals surface area contributed by atoms with Crippen LogP contribution in [0.15, 0.2) is 0 Å². The van der Waals surface area contributed by atoms with E-state index in [2.05, 4.69) is 23.6 Å². The molecule has 3 nitrogen and oxygen atoms in total. The Labute approximate surface area is 112 Å². The van der Waals surface area contributed by atoms with Crippen LogP contribution in [0.25, 0.3) is 0 Å². The fraction of sp³-hybridized carbons (Fsp3) is 1.00. The first-order chi connectivity index (χ1) is 8.67. The summed E-state index contributed by atoms with van der Waals surface area (Å²) in [5.74, 6) is 0. The van der Waals surface area contributed by atoms with Gasteiger partial charge in [-0.1, -0.05) is 26.7 Å². The summed E-state index contributed by atoms with van der Waals surface area (Å²) in [5, 5.41) is 9.64. The summed E-state index contributed by atoms with van der Waals surface area (Å²) in [4.78, 5) is 5.27. The van der Waals surface area contributed by atoms with Crippen LogP contribution in [0.2, 0.25) is 0 Å². The van der Waals surface area contributed by atoms with E-state index in [-0.39, 0.29) is 5.41 Å². The second-order valence-corrected chi connectivity index (χ2v) is 6.64. The summed E-state index contributed by atoms with van der Waals surface area (Å²) in [6, 6.07) is 0.789. The van der Waals surface area contributed by atoms with Crippen molar-refractivity contribution in [3.05, 3.63) is 0 Å². The minimum Gasteiger partial charge on any atom is -0.396 e. The average molecular weight is 254 g/mol. The van der Waals surface area contributed by atoms with Crippen molar-refractivity contribution in [2.75, 3.05) is 39.3 Å². The lowest BCUT2D eigenvalue weighted by Crippen LogP contribution is -2.56. The molecular weight excluding hydrogens is 224 g/mol. The molecule has 2 aliphatic rings. The van der Waals surface area contributed by atoms with Crippen molar-refractivity contribution >= 4 is 0 Å².